The number of carbonyl (C=O) groups excluding carboxylic acids is 1. The Kier molecular flexibility index (Phi) is 4.65. The molecule has 0 bridgehead atoms. The maximum atomic E-state index is 12.6. The Labute approximate surface area is 146 Å². The number of carbonyl (C=O) groups is 1. The number of nitrogens with one attached hydrogen (secondary N) is 2. The molecule has 0 radical (unpaired) electrons. The molecular formula is C16H12N6O4. The number of rotatable bonds is 5. The van der Waals surface area contributed by atoms with Crippen LogP contribution < -0.4 is 16.4 Å². The molecule has 10 heteroatoms. The SMILES string of the molecule is O=C(NNc1c([N+](=O)[O-])cnn(-c2ccccc2)c1=O)c1ccncc1. The molecular weight excluding hydrogens is 340 g/mol. The lowest BCUT2D eigenvalue weighted by atomic mass is 10.2. The molecule has 3 rings (SSSR count). The number of nitro groups is 1. The van der Waals surface area contributed by atoms with Gasteiger partial charge in [-0.05, 0) is 24.3 Å². The predicted molar refractivity (Wildman–Crippen MR) is 91.8 cm³/mol. The van der Waals surface area contributed by atoms with Crippen LogP contribution in [-0.2, 0) is 0 Å². The topological polar surface area (TPSA) is 132 Å². The van der Waals surface area contributed by atoms with E-state index in [0.29, 0.717) is 5.69 Å². The second-order valence-corrected chi connectivity index (χ2v) is 5.03. The minimum Gasteiger partial charge on any atom is -0.287 e. The highest BCUT2D eigenvalue weighted by Crippen LogP contribution is 2.18. The van der Waals surface area contributed by atoms with E-state index in [-0.39, 0.29) is 5.56 Å². The molecule has 2 aromatic heterocycles. The molecule has 2 heterocycles. The fraction of sp³-hybridized carbons (Fsp3) is 0. The van der Waals surface area contributed by atoms with Crippen LogP contribution in [0.3, 0.4) is 0 Å². The van der Waals surface area contributed by atoms with Gasteiger partial charge in [0.2, 0.25) is 5.69 Å². The largest absolute Gasteiger partial charge is 0.319 e. The van der Waals surface area contributed by atoms with Crippen molar-refractivity contribution in [2.24, 2.45) is 0 Å². The Morgan fingerprint density at radius 2 is 1.81 bits per heavy atom. The van der Waals surface area contributed by atoms with E-state index in [1.165, 1.54) is 24.5 Å². The Balaban J connectivity index is 1.95. The average molecular weight is 352 g/mol. The molecule has 130 valence electrons. The molecule has 1 amide bonds. The third-order valence-corrected chi connectivity index (χ3v) is 3.40. The third-order valence-electron chi connectivity index (χ3n) is 3.40. The first-order valence-corrected chi connectivity index (χ1v) is 7.36. The summed E-state index contributed by atoms with van der Waals surface area (Å²) in [7, 11) is 0. The molecule has 0 aliphatic carbocycles. The maximum absolute atomic E-state index is 12.6. The van der Waals surface area contributed by atoms with Crippen molar-refractivity contribution in [3.05, 3.63) is 87.1 Å². The van der Waals surface area contributed by atoms with E-state index in [4.69, 9.17) is 0 Å². The minimum absolute atomic E-state index is 0.271. The van der Waals surface area contributed by atoms with E-state index >= 15 is 0 Å². The fourth-order valence-electron chi connectivity index (χ4n) is 2.15. The van der Waals surface area contributed by atoms with Gasteiger partial charge in [0, 0.05) is 18.0 Å². The molecule has 1 aromatic carbocycles. The summed E-state index contributed by atoms with van der Waals surface area (Å²) in [4.78, 5) is 38.9. The summed E-state index contributed by atoms with van der Waals surface area (Å²) in [5.74, 6) is -0.579. The summed E-state index contributed by atoms with van der Waals surface area (Å²) in [6, 6.07) is 11.3. The molecule has 10 nitrogen and oxygen atoms in total. The van der Waals surface area contributed by atoms with Crippen molar-refractivity contribution in [3.8, 4) is 5.69 Å². The lowest BCUT2D eigenvalue weighted by Crippen LogP contribution is -2.35. The molecule has 0 spiro atoms. The second kappa shape index (κ2) is 7.21. The maximum Gasteiger partial charge on any atom is 0.319 e. The number of amides is 1. The van der Waals surface area contributed by atoms with Gasteiger partial charge < -0.3 is 0 Å². The zero-order chi connectivity index (χ0) is 18.5. The van der Waals surface area contributed by atoms with E-state index in [1.807, 2.05) is 0 Å². The highest BCUT2D eigenvalue weighted by Gasteiger charge is 2.21. The van der Waals surface area contributed by atoms with E-state index < -0.39 is 27.8 Å². The first kappa shape index (κ1) is 16.8. The fourth-order valence-corrected chi connectivity index (χ4v) is 2.15. The lowest BCUT2D eigenvalue weighted by Gasteiger charge is -2.10. The Hall–Kier alpha value is -4.08. The minimum atomic E-state index is -0.777. The number of hydrazine groups is 1. The summed E-state index contributed by atoms with van der Waals surface area (Å²) < 4.78 is 0.994. The summed E-state index contributed by atoms with van der Waals surface area (Å²) in [5.41, 5.74) is 3.56. The summed E-state index contributed by atoms with van der Waals surface area (Å²) in [5, 5.41) is 15.0. The standard InChI is InChI=1S/C16H12N6O4/c23-15(11-6-8-17-9-7-11)20-19-14-13(22(25)26)10-18-21(16(14)24)12-4-2-1-3-5-12/h1-10,19H,(H,20,23). The molecule has 0 saturated carbocycles. The van der Waals surface area contributed by atoms with Gasteiger partial charge in [-0.25, -0.2) is 0 Å². The lowest BCUT2D eigenvalue weighted by molar-refractivity contribution is -0.384. The van der Waals surface area contributed by atoms with Crippen molar-refractivity contribution < 1.29 is 9.72 Å². The van der Waals surface area contributed by atoms with Crippen molar-refractivity contribution in [3.63, 3.8) is 0 Å². The van der Waals surface area contributed by atoms with Crippen LogP contribution in [0.15, 0.2) is 65.8 Å². The Morgan fingerprint density at radius 3 is 2.46 bits per heavy atom. The summed E-state index contributed by atoms with van der Waals surface area (Å²) >= 11 is 0. The number of anilines is 1. The number of nitrogens with zero attached hydrogens (tertiary/aromatic N) is 4. The predicted octanol–water partition coefficient (Wildman–Crippen LogP) is 1.29. The molecule has 2 N–H and O–H groups in total. The molecule has 0 saturated heterocycles. The van der Waals surface area contributed by atoms with Crippen LogP contribution in [0.1, 0.15) is 10.4 Å². The van der Waals surface area contributed by atoms with Crippen LogP contribution in [0.5, 0.6) is 0 Å². The van der Waals surface area contributed by atoms with Gasteiger partial charge >= 0.3 is 11.2 Å². The highest BCUT2D eigenvalue weighted by molar-refractivity contribution is 5.94. The smallest absolute Gasteiger partial charge is 0.287 e. The normalized spacial score (nSPS) is 10.2. The van der Waals surface area contributed by atoms with Crippen LogP contribution in [-0.4, -0.2) is 25.6 Å². The van der Waals surface area contributed by atoms with Crippen LogP contribution >= 0.6 is 0 Å². The third kappa shape index (κ3) is 3.38. The molecule has 0 unspecified atom stereocenters. The van der Waals surface area contributed by atoms with Gasteiger partial charge in [0.25, 0.3) is 5.91 Å². The molecule has 0 aliphatic rings. The molecule has 26 heavy (non-hydrogen) atoms. The first-order chi connectivity index (χ1) is 12.6. The van der Waals surface area contributed by atoms with Gasteiger partial charge in [0.05, 0.1) is 10.6 Å². The van der Waals surface area contributed by atoms with Crippen LogP contribution in [0.2, 0.25) is 0 Å². The van der Waals surface area contributed by atoms with Gasteiger partial charge in [-0.3, -0.25) is 35.5 Å². The molecule has 0 aliphatic heterocycles. The zero-order valence-electron chi connectivity index (χ0n) is 13.2. The van der Waals surface area contributed by atoms with Crippen molar-refractivity contribution >= 4 is 17.3 Å². The quantitative estimate of drug-likeness (QED) is 0.522. The highest BCUT2D eigenvalue weighted by atomic mass is 16.6. The molecule has 0 fully saturated rings. The van der Waals surface area contributed by atoms with E-state index in [2.05, 4.69) is 20.9 Å². The monoisotopic (exact) mass is 352 g/mol. The summed E-state index contributed by atoms with van der Waals surface area (Å²) in [6.45, 7) is 0. The van der Waals surface area contributed by atoms with Crippen LogP contribution in [0.4, 0.5) is 11.4 Å². The number of hydrogen-bond donors (Lipinski definition) is 2. The summed E-state index contributed by atoms with van der Waals surface area (Å²) in [6.07, 6.45) is 3.79. The van der Waals surface area contributed by atoms with Crippen molar-refractivity contribution in [2.45, 2.75) is 0 Å². The number of pyridine rings is 1. The van der Waals surface area contributed by atoms with E-state index in [1.54, 1.807) is 30.3 Å². The number of para-hydroxylation sites is 1. The van der Waals surface area contributed by atoms with Gasteiger partial charge in [-0.1, -0.05) is 18.2 Å². The Morgan fingerprint density at radius 1 is 1.12 bits per heavy atom. The number of hydrogen-bond acceptors (Lipinski definition) is 7. The second-order valence-electron chi connectivity index (χ2n) is 5.03. The van der Waals surface area contributed by atoms with Gasteiger partial charge in [-0.2, -0.15) is 9.78 Å². The van der Waals surface area contributed by atoms with Crippen molar-refractivity contribution in [1.29, 1.82) is 0 Å². The molecule has 0 atom stereocenters. The molecule has 3 aromatic rings. The zero-order valence-corrected chi connectivity index (χ0v) is 13.2. The van der Waals surface area contributed by atoms with Gasteiger partial charge in [0.1, 0.15) is 6.20 Å². The first-order valence-electron chi connectivity index (χ1n) is 7.36. The van der Waals surface area contributed by atoms with E-state index in [0.717, 1.165) is 10.9 Å². The van der Waals surface area contributed by atoms with Gasteiger partial charge in [0.15, 0.2) is 0 Å². The number of benzene rings is 1. The van der Waals surface area contributed by atoms with Crippen LogP contribution in [0, 0.1) is 10.1 Å². The van der Waals surface area contributed by atoms with Crippen molar-refractivity contribution in [1.82, 2.24) is 20.2 Å². The van der Waals surface area contributed by atoms with Gasteiger partial charge in [-0.15, -0.1) is 0 Å². The Bertz CT molecular complexity index is 1000. The average Bonchev–Trinajstić information content (AvgIpc) is 2.67. The van der Waals surface area contributed by atoms with E-state index in [9.17, 15) is 19.7 Å². The number of aromatic nitrogens is 3. The van der Waals surface area contributed by atoms with Crippen LogP contribution in [0.25, 0.3) is 5.69 Å². The van der Waals surface area contributed by atoms with Crippen molar-refractivity contribution in [2.75, 3.05) is 5.43 Å².